The number of H-pyrrole nitrogens is 1. The molecule has 0 fully saturated rings. The molecule has 2 N–H and O–H groups in total. The second-order valence-corrected chi connectivity index (χ2v) is 3.79. The van der Waals surface area contributed by atoms with E-state index in [1.165, 1.54) is 12.3 Å². The van der Waals surface area contributed by atoms with Gasteiger partial charge in [0.15, 0.2) is 5.82 Å². The van der Waals surface area contributed by atoms with Gasteiger partial charge in [0, 0.05) is 6.20 Å². The van der Waals surface area contributed by atoms with E-state index < -0.39 is 17.5 Å². The van der Waals surface area contributed by atoms with Gasteiger partial charge in [-0.3, -0.25) is 9.59 Å². The highest BCUT2D eigenvalue weighted by atomic mass is 16.5. The molecule has 0 aliphatic heterocycles. The number of aromatic nitrogens is 3. The quantitative estimate of drug-likeness (QED) is 0.826. The molecule has 0 spiro atoms. The smallest absolute Gasteiger partial charge is 0.260 e. The highest BCUT2D eigenvalue weighted by Gasteiger charge is 2.17. The van der Waals surface area contributed by atoms with Gasteiger partial charge < -0.3 is 14.8 Å². The number of nitrogens with zero attached hydrogens (tertiary/aromatic N) is 2. The number of aromatic amines is 1. The molecule has 18 heavy (non-hydrogen) atoms. The summed E-state index contributed by atoms with van der Waals surface area (Å²) < 4.78 is 4.93. The van der Waals surface area contributed by atoms with Crippen molar-refractivity contribution in [3.8, 4) is 0 Å². The first-order valence-electron chi connectivity index (χ1n) is 5.36. The third kappa shape index (κ3) is 2.45. The normalized spacial score (nSPS) is 12.1. The van der Waals surface area contributed by atoms with Crippen LogP contribution in [-0.4, -0.2) is 21.0 Å². The Labute approximate surface area is 102 Å². The zero-order valence-corrected chi connectivity index (χ0v) is 9.93. The summed E-state index contributed by atoms with van der Waals surface area (Å²) in [5, 5.41) is 6.24. The maximum atomic E-state index is 11.8. The van der Waals surface area contributed by atoms with Crippen molar-refractivity contribution >= 4 is 5.91 Å². The van der Waals surface area contributed by atoms with Gasteiger partial charge in [-0.15, -0.1) is 0 Å². The molecule has 94 valence electrons. The molecule has 0 saturated heterocycles. The van der Waals surface area contributed by atoms with Crippen molar-refractivity contribution in [2.45, 2.75) is 19.9 Å². The maximum absolute atomic E-state index is 11.8. The Hall–Kier alpha value is -2.44. The van der Waals surface area contributed by atoms with Crippen molar-refractivity contribution < 1.29 is 9.32 Å². The Kier molecular flexibility index (Phi) is 3.22. The number of carbonyl (C=O) groups is 1. The highest BCUT2D eigenvalue weighted by Crippen LogP contribution is 2.09. The van der Waals surface area contributed by atoms with Crippen molar-refractivity contribution in [1.82, 2.24) is 20.4 Å². The molecular formula is C11H12N4O3. The fourth-order valence-electron chi connectivity index (χ4n) is 1.43. The summed E-state index contributed by atoms with van der Waals surface area (Å²) >= 11 is 0. The standard InChI is InChI=1S/C11H12N4O3/c1-6(11-14-7(2)15-18-11)13-10(17)8-4-3-5-12-9(8)16/h3-6H,1-2H3,(H,12,16)(H,13,17). The minimum absolute atomic E-state index is 0.0422. The Bertz CT molecular complexity index is 617. The molecule has 0 radical (unpaired) electrons. The number of rotatable bonds is 3. The molecule has 0 aromatic carbocycles. The SMILES string of the molecule is Cc1noc(C(C)NC(=O)c2ccc[nH]c2=O)n1. The molecule has 2 rings (SSSR count). The van der Waals surface area contributed by atoms with Crippen LogP contribution in [0, 0.1) is 6.92 Å². The van der Waals surface area contributed by atoms with E-state index in [-0.39, 0.29) is 5.56 Å². The summed E-state index contributed by atoms with van der Waals surface area (Å²) in [6.45, 7) is 3.38. The molecule has 2 aromatic rings. The van der Waals surface area contributed by atoms with Gasteiger partial charge in [-0.25, -0.2) is 0 Å². The number of hydrogen-bond donors (Lipinski definition) is 2. The molecule has 0 aliphatic carbocycles. The van der Waals surface area contributed by atoms with Crippen LogP contribution in [0.1, 0.15) is 35.0 Å². The predicted molar refractivity (Wildman–Crippen MR) is 62.0 cm³/mol. The Balaban J connectivity index is 2.13. The second-order valence-electron chi connectivity index (χ2n) is 3.79. The van der Waals surface area contributed by atoms with Crippen LogP contribution in [-0.2, 0) is 0 Å². The zero-order valence-electron chi connectivity index (χ0n) is 9.93. The van der Waals surface area contributed by atoms with Crippen LogP contribution in [0.15, 0.2) is 27.6 Å². The van der Waals surface area contributed by atoms with E-state index in [9.17, 15) is 9.59 Å². The lowest BCUT2D eigenvalue weighted by atomic mass is 10.2. The lowest BCUT2D eigenvalue weighted by molar-refractivity contribution is 0.0931. The average molecular weight is 248 g/mol. The second kappa shape index (κ2) is 4.82. The van der Waals surface area contributed by atoms with E-state index in [0.717, 1.165) is 0 Å². The molecule has 7 heteroatoms. The van der Waals surface area contributed by atoms with Gasteiger partial charge in [0.05, 0.1) is 0 Å². The molecule has 1 amide bonds. The van der Waals surface area contributed by atoms with Crippen LogP contribution < -0.4 is 10.9 Å². The van der Waals surface area contributed by atoms with Crippen LogP contribution >= 0.6 is 0 Å². The summed E-state index contributed by atoms with van der Waals surface area (Å²) in [7, 11) is 0. The first-order chi connectivity index (χ1) is 8.58. The topological polar surface area (TPSA) is 101 Å². The first-order valence-corrected chi connectivity index (χ1v) is 5.36. The minimum Gasteiger partial charge on any atom is -0.340 e. The van der Waals surface area contributed by atoms with E-state index in [0.29, 0.717) is 11.7 Å². The number of carbonyl (C=O) groups excluding carboxylic acids is 1. The number of nitrogens with one attached hydrogen (secondary N) is 2. The number of aryl methyl sites for hydroxylation is 1. The van der Waals surface area contributed by atoms with Gasteiger partial charge in [-0.2, -0.15) is 4.98 Å². The van der Waals surface area contributed by atoms with Gasteiger partial charge in [-0.05, 0) is 26.0 Å². The lowest BCUT2D eigenvalue weighted by Crippen LogP contribution is -2.31. The van der Waals surface area contributed by atoms with Crippen molar-refractivity contribution in [3.05, 3.63) is 46.0 Å². The van der Waals surface area contributed by atoms with Crippen molar-refractivity contribution in [2.24, 2.45) is 0 Å². The molecule has 7 nitrogen and oxygen atoms in total. The van der Waals surface area contributed by atoms with Gasteiger partial charge in [0.1, 0.15) is 11.6 Å². The summed E-state index contributed by atoms with van der Waals surface area (Å²) in [5.74, 6) is 0.303. The molecule has 0 aliphatic rings. The van der Waals surface area contributed by atoms with Crippen molar-refractivity contribution in [1.29, 1.82) is 0 Å². The molecule has 2 aromatic heterocycles. The largest absolute Gasteiger partial charge is 0.340 e. The summed E-state index contributed by atoms with van der Waals surface area (Å²) in [5.41, 5.74) is -0.399. The molecule has 0 bridgehead atoms. The minimum atomic E-state index is -0.486. The predicted octanol–water partition coefficient (Wildman–Crippen LogP) is 0.557. The Morgan fingerprint density at radius 2 is 2.33 bits per heavy atom. The monoisotopic (exact) mass is 248 g/mol. The third-order valence-corrected chi connectivity index (χ3v) is 2.32. The van der Waals surface area contributed by atoms with Crippen LogP contribution in [0.4, 0.5) is 0 Å². The molecule has 0 saturated carbocycles. The van der Waals surface area contributed by atoms with E-state index >= 15 is 0 Å². The summed E-state index contributed by atoms with van der Waals surface area (Å²) in [6, 6.07) is 2.57. The van der Waals surface area contributed by atoms with Crippen LogP contribution in [0.2, 0.25) is 0 Å². The van der Waals surface area contributed by atoms with E-state index in [2.05, 4.69) is 20.4 Å². The van der Waals surface area contributed by atoms with E-state index in [1.807, 2.05) is 0 Å². The lowest BCUT2D eigenvalue weighted by Gasteiger charge is -2.08. The van der Waals surface area contributed by atoms with E-state index in [4.69, 9.17) is 4.52 Å². The number of pyridine rings is 1. The van der Waals surface area contributed by atoms with Crippen molar-refractivity contribution in [2.75, 3.05) is 0 Å². The summed E-state index contributed by atoms with van der Waals surface area (Å²) in [6.07, 6.45) is 1.46. The van der Waals surface area contributed by atoms with E-state index in [1.54, 1.807) is 19.9 Å². The average Bonchev–Trinajstić information content (AvgIpc) is 2.76. The highest BCUT2D eigenvalue weighted by molar-refractivity contribution is 5.93. The Morgan fingerprint density at radius 1 is 1.56 bits per heavy atom. The number of hydrogen-bond acceptors (Lipinski definition) is 5. The Morgan fingerprint density at radius 3 is 2.94 bits per heavy atom. The van der Waals surface area contributed by atoms with Gasteiger partial charge in [-0.1, -0.05) is 5.16 Å². The number of amides is 1. The fourth-order valence-corrected chi connectivity index (χ4v) is 1.43. The van der Waals surface area contributed by atoms with Crippen LogP contribution in [0.3, 0.4) is 0 Å². The van der Waals surface area contributed by atoms with Crippen LogP contribution in [0.25, 0.3) is 0 Å². The van der Waals surface area contributed by atoms with Crippen molar-refractivity contribution in [3.63, 3.8) is 0 Å². The van der Waals surface area contributed by atoms with Gasteiger partial charge in [0.2, 0.25) is 5.89 Å². The van der Waals surface area contributed by atoms with Gasteiger partial charge >= 0.3 is 0 Å². The van der Waals surface area contributed by atoms with Gasteiger partial charge in [0.25, 0.3) is 11.5 Å². The molecule has 1 unspecified atom stereocenters. The maximum Gasteiger partial charge on any atom is 0.260 e. The molecule has 2 heterocycles. The molecular weight excluding hydrogens is 236 g/mol. The summed E-state index contributed by atoms with van der Waals surface area (Å²) in [4.78, 5) is 29.7. The fraction of sp³-hybridized carbons (Fsp3) is 0.273. The first kappa shape index (κ1) is 12.0. The van der Waals surface area contributed by atoms with Crippen LogP contribution in [0.5, 0.6) is 0 Å². The zero-order chi connectivity index (χ0) is 13.1. The molecule has 1 atom stereocenters. The third-order valence-electron chi connectivity index (χ3n) is 2.32.